The van der Waals surface area contributed by atoms with Crippen LogP contribution < -0.4 is 5.32 Å². The molecule has 1 aromatic carbocycles. The van der Waals surface area contributed by atoms with Crippen molar-refractivity contribution in [3.05, 3.63) is 78.3 Å². The highest BCUT2D eigenvalue weighted by Gasteiger charge is 2.11. The van der Waals surface area contributed by atoms with Gasteiger partial charge in [-0.05, 0) is 24.6 Å². The standard InChI is InChI=1S/C21H20N6O2/c1-15-22-11-12-27(15)18-13-16(9-10-23-18)14-24-19(28)7-8-20-25-21(26-29-20)17-5-3-2-4-6-17/h2-6,9-13H,7-8,14H2,1H3,(H,24,28). The zero-order valence-corrected chi connectivity index (χ0v) is 15.9. The van der Waals surface area contributed by atoms with E-state index in [2.05, 4.69) is 25.4 Å². The third-order valence-electron chi connectivity index (χ3n) is 4.44. The molecule has 0 atom stereocenters. The Morgan fingerprint density at radius 3 is 2.79 bits per heavy atom. The minimum Gasteiger partial charge on any atom is -0.352 e. The SMILES string of the molecule is Cc1nccn1-c1cc(CNC(=O)CCc2nc(-c3ccccc3)no2)ccn1. The van der Waals surface area contributed by atoms with Gasteiger partial charge in [0.05, 0.1) is 0 Å². The van der Waals surface area contributed by atoms with Crippen molar-refractivity contribution in [3.8, 4) is 17.2 Å². The molecule has 146 valence electrons. The van der Waals surface area contributed by atoms with E-state index in [4.69, 9.17) is 4.52 Å². The van der Waals surface area contributed by atoms with Crippen molar-refractivity contribution in [2.45, 2.75) is 26.3 Å². The quantitative estimate of drug-likeness (QED) is 0.523. The lowest BCUT2D eigenvalue weighted by atomic mass is 10.2. The summed E-state index contributed by atoms with van der Waals surface area (Å²) < 4.78 is 7.14. The van der Waals surface area contributed by atoms with Gasteiger partial charge in [-0.25, -0.2) is 9.97 Å². The molecule has 0 saturated carbocycles. The predicted octanol–water partition coefficient (Wildman–Crippen LogP) is 2.87. The first-order chi connectivity index (χ1) is 14.2. The smallest absolute Gasteiger partial charge is 0.227 e. The first kappa shape index (κ1) is 18.5. The fourth-order valence-electron chi connectivity index (χ4n) is 2.89. The molecule has 0 aliphatic heterocycles. The van der Waals surface area contributed by atoms with Gasteiger partial charge >= 0.3 is 0 Å². The molecule has 0 aliphatic carbocycles. The van der Waals surface area contributed by atoms with E-state index in [0.29, 0.717) is 24.7 Å². The van der Waals surface area contributed by atoms with Crippen molar-refractivity contribution in [2.24, 2.45) is 0 Å². The number of amides is 1. The van der Waals surface area contributed by atoms with Crippen LogP contribution in [0.25, 0.3) is 17.2 Å². The number of aromatic nitrogens is 5. The Bertz CT molecular complexity index is 1100. The Hall–Kier alpha value is -3.81. The molecule has 8 nitrogen and oxygen atoms in total. The molecule has 1 N–H and O–H groups in total. The molecule has 0 saturated heterocycles. The second kappa shape index (κ2) is 8.47. The third kappa shape index (κ3) is 4.55. The van der Waals surface area contributed by atoms with Gasteiger partial charge in [-0.3, -0.25) is 9.36 Å². The average molecular weight is 388 g/mol. The molecule has 0 bridgehead atoms. The topological polar surface area (TPSA) is 98.7 Å². The minimum absolute atomic E-state index is 0.0818. The Kier molecular flexibility index (Phi) is 5.42. The van der Waals surface area contributed by atoms with Crippen LogP contribution in [0.4, 0.5) is 0 Å². The normalized spacial score (nSPS) is 10.8. The van der Waals surface area contributed by atoms with Gasteiger partial charge in [0.15, 0.2) is 0 Å². The van der Waals surface area contributed by atoms with Crippen LogP contribution in [0.2, 0.25) is 0 Å². The predicted molar refractivity (Wildman–Crippen MR) is 106 cm³/mol. The lowest BCUT2D eigenvalue weighted by Crippen LogP contribution is -2.23. The summed E-state index contributed by atoms with van der Waals surface area (Å²) in [6.07, 6.45) is 5.97. The van der Waals surface area contributed by atoms with E-state index in [0.717, 1.165) is 22.8 Å². The van der Waals surface area contributed by atoms with Crippen molar-refractivity contribution in [3.63, 3.8) is 0 Å². The van der Waals surface area contributed by atoms with Crippen LogP contribution in [-0.2, 0) is 17.8 Å². The summed E-state index contributed by atoms with van der Waals surface area (Å²) in [4.78, 5) is 25.1. The maximum absolute atomic E-state index is 12.2. The Balaban J connectivity index is 1.30. The number of hydrogen-bond acceptors (Lipinski definition) is 6. The number of nitrogens with one attached hydrogen (secondary N) is 1. The maximum atomic E-state index is 12.2. The van der Waals surface area contributed by atoms with Crippen molar-refractivity contribution >= 4 is 5.91 Å². The maximum Gasteiger partial charge on any atom is 0.227 e. The van der Waals surface area contributed by atoms with Crippen molar-refractivity contribution in [1.82, 2.24) is 30.0 Å². The first-order valence-corrected chi connectivity index (χ1v) is 9.29. The van der Waals surface area contributed by atoms with E-state index >= 15 is 0 Å². The lowest BCUT2D eigenvalue weighted by Gasteiger charge is -2.08. The van der Waals surface area contributed by atoms with E-state index in [-0.39, 0.29) is 12.3 Å². The van der Waals surface area contributed by atoms with Crippen LogP contribution in [-0.4, -0.2) is 30.6 Å². The molecule has 3 aromatic heterocycles. The summed E-state index contributed by atoms with van der Waals surface area (Å²) in [7, 11) is 0. The molecule has 0 fully saturated rings. The Morgan fingerprint density at radius 2 is 2.00 bits per heavy atom. The summed E-state index contributed by atoms with van der Waals surface area (Å²) in [5.41, 5.74) is 1.84. The molecule has 4 rings (SSSR count). The number of nitrogens with zero attached hydrogens (tertiary/aromatic N) is 5. The van der Waals surface area contributed by atoms with Crippen LogP contribution in [0, 0.1) is 6.92 Å². The summed E-state index contributed by atoms with van der Waals surface area (Å²) in [6.45, 7) is 2.33. The van der Waals surface area contributed by atoms with Gasteiger partial charge < -0.3 is 9.84 Å². The van der Waals surface area contributed by atoms with E-state index in [1.54, 1.807) is 12.4 Å². The highest BCUT2D eigenvalue weighted by atomic mass is 16.5. The Labute approximate surface area is 167 Å². The molecule has 0 radical (unpaired) electrons. The van der Waals surface area contributed by atoms with Gasteiger partial charge in [0.1, 0.15) is 11.6 Å². The Morgan fingerprint density at radius 1 is 1.14 bits per heavy atom. The first-order valence-electron chi connectivity index (χ1n) is 9.29. The number of hydrogen-bond donors (Lipinski definition) is 1. The fraction of sp³-hybridized carbons (Fsp3) is 0.190. The second-order valence-electron chi connectivity index (χ2n) is 6.52. The molecule has 29 heavy (non-hydrogen) atoms. The summed E-state index contributed by atoms with van der Waals surface area (Å²) >= 11 is 0. The van der Waals surface area contributed by atoms with E-state index in [1.807, 2.05) is 60.2 Å². The number of pyridine rings is 1. The largest absolute Gasteiger partial charge is 0.352 e. The zero-order chi connectivity index (χ0) is 20.1. The highest BCUT2D eigenvalue weighted by Crippen LogP contribution is 2.15. The molecule has 4 aromatic rings. The minimum atomic E-state index is -0.0818. The summed E-state index contributed by atoms with van der Waals surface area (Å²) in [5.74, 6) is 2.52. The van der Waals surface area contributed by atoms with Gasteiger partial charge in [-0.2, -0.15) is 4.98 Å². The molecule has 0 aliphatic rings. The van der Waals surface area contributed by atoms with Gasteiger partial charge in [-0.1, -0.05) is 35.5 Å². The molecule has 0 spiro atoms. The zero-order valence-electron chi connectivity index (χ0n) is 15.9. The number of carbonyl (C=O) groups is 1. The van der Waals surface area contributed by atoms with Crippen molar-refractivity contribution in [1.29, 1.82) is 0 Å². The average Bonchev–Trinajstić information content (AvgIpc) is 3.41. The lowest BCUT2D eigenvalue weighted by molar-refractivity contribution is -0.121. The number of imidazole rings is 1. The molecule has 3 heterocycles. The summed E-state index contributed by atoms with van der Waals surface area (Å²) in [6, 6.07) is 13.4. The number of carbonyl (C=O) groups excluding carboxylic acids is 1. The number of aryl methyl sites for hydroxylation is 2. The van der Waals surface area contributed by atoms with Crippen LogP contribution in [0.5, 0.6) is 0 Å². The van der Waals surface area contributed by atoms with E-state index in [1.165, 1.54) is 0 Å². The molecular weight excluding hydrogens is 368 g/mol. The van der Waals surface area contributed by atoms with Crippen LogP contribution in [0.15, 0.2) is 65.6 Å². The van der Waals surface area contributed by atoms with Crippen LogP contribution >= 0.6 is 0 Å². The fourth-order valence-corrected chi connectivity index (χ4v) is 2.89. The van der Waals surface area contributed by atoms with Crippen molar-refractivity contribution < 1.29 is 9.32 Å². The monoisotopic (exact) mass is 388 g/mol. The van der Waals surface area contributed by atoms with Gasteiger partial charge in [0.2, 0.25) is 17.6 Å². The van der Waals surface area contributed by atoms with Gasteiger partial charge in [0.25, 0.3) is 0 Å². The van der Waals surface area contributed by atoms with E-state index in [9.17, 15) is 4.79 Å². The van der Waals surface area contributed by atoms with Crippen molar-refractivity contribution in [2.75, 3.05) is 0 Å². The number of rotatable bonds is 7. The number of benzene rings is 1. The molecule has 8 heteroatoms. The summed E-state index contributed by atoms with van der Waals surface area (Å²) in [5, 5.41) is 6.88. The second-order valence-corrected chi connectivity index (χ2v) is 6.52. The van der Waals surface area contributed by atoms with E-state index < -0.39 is 0 Å². The third-order valence-corrected chi connectivity index (χ3v) is 4.44. The van der Waals surface area contributed by atoms with Gasteiger partial charge in [-0.15, -0.1) is 0 Å². The highest BCUT2D eigenvalue weighted by molar-refractivity contribution is 5.76. The molecular formula is C21H20N6O2. The molecule has 1 amide bonds. The van der Waals surface area contributed by atoms with Crippen LogP contribution in [0.3, 0.4) is 0 Å². The van der Waals surface area contributed by atoms with Crippen LogP contribution in [0.1, 0.15) is 23.7 Å². The van der Waals surface area contributed by atoms with Gasteiger partial charge in [0, 0.05) is 43.5 Å². The molecule has 0 unspecified atom stereocenters.